The number of nitrogens with one attached hydrogen (secondary N) is 1. The summed E-state index contributed by atoms with van der Waals surface area (Å²) >= 11 is 2.44. The highest BCUT2D eigenvalue weighted by Gasteiger charge is 2.29. The molecule has 0 bridgehead atoms. The molecule has 1 aliphatic carbocycles. The monoisotopic (exact) mass is 711 g/mol. The van der Waals surface area contributed by atoms with E-state index in [2.05, 4.69) is 47.0 Å². The number of rotatable bonds is 17. The van der Waals surface area contributed by atoms with Gasteiger partial charge in [0, 0.05) is 42.0 Å². The van der Waals surface area contributed by atoms with Crippen LogP contribution >= 0.6 is 22.6 Å². The van der Waals surface area contributed by atoms with Gasteiger partial charge in [-0.1, -0.05) is 85.5 Å². The molecule has 1 heterocycles. The average molecular weight is 712 g/mol. The molecule has 3 aromatic rings. The van der Waals surface area contributed by atoms with E-state index in [9.17, 15) is 14.4 Å². The molecule has 1 aliphatic rings. The number of benzene rings is 2. The van der Waals surface area contributed by atoms with Crippen LogP contribution in [0.2, 0.25) is 0 Å². The van der Waals surface area contributed by atoms with Crippen LogP contribution in [0.4, 0.5) is 5.69 Å². The van der Waals surface area contributed by atoms with E-state index in [1.54, 1.807) is 0 Å². The Labute approximate surface area is 277 Å². The van der Waals surface area contributed by atoms with E-state index >= 15 is 0 Å². The van der Waals surface area contributed by atoms with Gasteiger partial charge in [0.1, 0.15) is 6.54 Å². The minimum Gasteiger partial charge on any atom is -0.356 e. The fraction of sp³-hybridized carbons (Fsp3) is 0.541. The first-order valence-corrected chi connectivity index (χ1v) is 18.3. The number of likely N-dealkylation sites (N-methyl/N-ethyl adjacent to an activating group) is 1. The molecule has 0 atom stereocenters. The first-order valence-electron chi connectivity index (χ1n) is 16.8. The van der Waals surface area contributed by atoms with Crippen LogP contribution in [0.1, 0.15) is 101 Å². The van der Waals surface area contributed by atoms with Gasteiger partial charge >= 0.3 is 0 Å². The molecule has 4 rings (SSSR count). The van der Waals surface area contributed by atoms with Crippen LogP contribution < -0.4 is 10.2 Å². The Morgan fingerprint density at radius 1 is 0.886 bits per heavy atom. The molecule has 1 fully saturated rings. The zero-order chi connectivity index (χ0) is 31.3. The molecule has 7 heteroatoms. The van der Waals surface area contributed by atoms with Crippen molar-refractivity contribution >= 4 is 56.8 Å². The summed E-state index contributed by atoms with van der Waals surface area (Å²) in [7, 11) is 0. The highest BCUT2D eigenvalue weighted by Crippen LogP contribution is 2.33. The van der Waals surface area contributed by atoms with Gasteiger partial charge < -0.3 is 14.8 Å². The number of carbonyl (C=O) groups excluding carboxylic acids is 3. The van der Waals surface area contributed by atoms with Crippen LogP contribution in [0.15, 0.2) is 54.6 Å². The van der Waals surface area contributed by atoms with E-state index in [1.165, 1.54) is 42.1 Å². The molecule has 44 heavy (non-hydrogen) atoms. The van der Waals surface area contributed by atoms with Crippen molar-refractivity contribution in [3.63, 3.8) is 0 Å². The summed E-state index contributed by atoms with van der Waals surface area (Å²) in [5.41, 5.74) is 3.59. The smallest absolute Gasteiger partial charge is 0.246 e. The van der Waals surface area contributed by atoms with Gasteiger partial charge in [0.15, 0.2) is 5.78 Å². The lowest BCUT2D eigenvalue weighted by atomic mass is 9.79. The molecule has 0 aliphatic heterocycles. The van der Waals surface area contributed by atoms with Crippen LogP contribution in [-0.2, 0) is 22.6 Å². The van der Waals surface area contributed by atoms with Crippen molar-refractivity contribution in [1.82, 2.24) is 9.88 Å². The van der Waals surface area contributed by atoms with Gasteiger partial charge in [-0.15, -0.1) is 0 Å². The Hall–Kier alpha value is -2.68. The lowest BCUT2D eigenvalue weighted by Gasteiger charge is -2.27. The maximum Gasteiger partial charge on any atom is 0.246 e. The molecule has 0 spiro atoms. The van der Waals surface area contributed by atoms with Gasteiger partial charge in [-0.25, -0.2) is 0 Å². The van der Waals surface area contributed by atoms with Crippen molar-refractivity contribution in [2.75, 3.05) is 22.4 Å². The third kappa shape index (κ3) is 9.41. The summed E-state index contributed by atoms with van der Waals surface area (Å²) in [5.74, 6) is 0.555. The second-order valence-electron chi connectivity index (χ2n) is 12.3. The maximum atomic E-state index is 13.8. The minimum absolute atomic E-state index is 0.0288. The van der Waals surface area contributed by atoms with Gasteiger partial charge in [-0.05, 0) is 92.0 Å². The largest absolute Gasteiger partial charge is 0.356 e. The molecule has 6 nitrogen and oxygen atoms in total. The lowest BCUT2D eigenvalue weighted by molar-refractivity contribution is -0.126. The summed E-state index contributed by atoms with van der Waals surface area (Å²) < 4.78 is 3.15. The predicted molar refractivity (Wildman–Crippen MR) is 190 cm³/mol. The molecule has 1 saturated carbocycles. The first kappa shape index (κ1) is 34.2. The van der Waals surface area contributed by atoms with E-state index in [4.69, 9.17) is 0 Å². The van der Waals surface area contributed by atoms with Gasteiger partial charge in [-0.3, -0.25) is 14.4 Å². The highest BCUT2D eigenvalue weighted by molar-refractivity contribution is 14.1. The van der Waals surface area contributed by atoms with Crippen LogP contribution in [0.3, 0.4) is 0 Å². The van der Waals surface area contributed by atoms with Gasteiger partial charge in [0.2, 0.25) is 11.8 Å². The Kier molecular flexibility index (Phi) is 13.8. The highest BCUT2D eigenvalue weighted by atomic mass is 127. The number of Topliss-reactive ketones (excluding diaryl/α,β-unsaturated/α-hetero) is 1. The quantitative estimate of drug-likeness (QED) is 0.0661. The van der Waals surface area contributed by atoms with E-state index < -0.39 is 0 Å². The van der Waals surface area contributed by atoms with Gasteiger partial charge in [-0.2, -0.15) is 0 Å². The number of nitrogens with zero attached hydrogens (tertiary/aromatic N) is 2. The fourth-order valence-corrected chi connectivity index (χ4v) is 7.10. The Balaban J connectivity index is 1.33. The summed E-state index contributed by atoms with van der Waals surface area (Å²) in [5, 5.41) is 4.13. The zero-order valence-corrected chi connectivity index (χ0v) is 28.8. The molecule has 1 N–H and O–H groups in total. The number of unbranched alkanes of at least 4 members (excludes halogenated alkanes) is 5. The van der Waals surface area contributed by atoms with Crippen LogP contribution in [0.5, 0.6) is 0 Å². The van der Waals surface area contributed by atoms with E-state index in [-0.39, 0.29) is 36.0 Å². The number of aromatic nitrogens is 1. The number of halogens is 1. The number of hydrogen-bond donors (Lipinski definition) is 1. The van der Waals surface area contributed by atoms with Crippen molar-refractivity contribution in [3.8, 4) is 0 Å². The standard InChI is InChI=1S/C37H50IN3O3/c1-3-28-14-13-16-32(24-28)40(4-2)36(43)27-41-33-17-10-9-15-31(33)26-34(41)35(42)25-29-18-20-30(21-19-29)37(44)39-23-12-8-6-5-7-11-22-38/h9-10,13-17,24,26,29-30H,3-8,11-12,18-23,25,27H2,1-2H3,(H,39,44). The summed E-state index contributed by atoms with van der Waals surface area (Å²) in [6.45, 7) is 5.54. The number of hydrogen-bond acceptors (Lipinski definition) is 3. The van der Waals surface area contributed by atoms with Crippen molar-refractivity contribution in [1.29, 1.82) is 0 Å². The number of ketones is 1. The predicted octanol–water partition coefficient (Wildman–Crippen LogP) is 8.53. The summed E-state index contributed by atoms with van der Waals surface area (Å²) in [4.78, 5) is 42.0. The Morgan fingerprint density at radius 2 is 1.61 bits per heavy atom. The molecule has 2 amide bonds. The van der Waals surface area contributed by atoms with Crippen molar-refractivity contribution in [2.24, 2.45) is 11.8 Å². The fourth-order valence-electron chi connectivity index (χ4n) is 6.56. The molecule has 238 valence electrons. The van der Waals surface area contributed by atoms with Gasteiger partial charge in [0.25, 0.3) is 0 Å². The number of aryl methyl sites for hydroxylation is 1. The number of carbonyl (C=O) groups is 3. The summed E-state index contributed by atoms with van der Waals surface area (Å²) in [6.07, 6.45) is 12.2. The topological polar surface area (TPSA) is 71.4 Å². The second-order valence-corrected chi connectivity index (χ2v) is 13.4. The lowest BCUT2D eigenvalue weighted by Crippen LogP contribution is -2.35. The van der Waals surface area contributed by atoms with E-state index in [0.717, 1.165) is 61.7 Å². The zero-order valence-electron chi connectivity index (χ0n) is 26.7. The number of alkyl halides is 1. The maximum absolute atomic E-state index is 13.8. The minimum atomic E-state index is -0.0288. The van der Waals surface area contributed by atoms with Crippen LogP contribution in [-0.4, -0.2) is 39.7 Å². The molecule has 0 radical (unpaired) electrons. The van der Waals surface area contributed by atoms with E-state index in [1.807, 2.05) is 58.9 Å². The number of anilines is 1. The Morgan fingerprint density at radius 3 is 2.34 bits per heavy atom. The summed E-state index contributed by atoms with van der Waals surface area (Å²) in [6, 6.07) is 18.0. The number of fused-ring (bicyclic) bond motifs is 1. The SMILES string of the molecule is CCc1cccc(N(CC)C(=O)Cn2c(C(=O)CC3CCC(C(=O)NCCCCCCCCI)CC3)cc3ccccc32)c1. The first-order chi connectivity index (χ1) is 21.4. The van der Waals surface area contributed by atoms with Crippen molar-refractivity contribution in [2.45, 2.75) is 97.4 Å². The Bertz CT molecular complexity index is 1380. The molecular formula is C37H50IN3O3. The number of para-hydroxylation sites is 1. The molecule has 2 aromatic carbocycles. The third-order valence-electron chi connectivity index (χ3n) is 9.19. The molecular weight excluding hydrogens is 661 g/mol. The second kappa shape index (κ2) is 17.7. The van der Waals surface area contributed by atoms with Crippen LogP contribution in [0, 0.1) is 11.8 Å². The van der Waals surface area contributed by atoms with Gasteiger partial charge in [0.05, 0.1) is 5.69 Å². The van der Waals surface area contributed by atoms with Crippen molar-refractivity contribution < 1.29 is 14.4 Å². The van der Waals surface area contributed by atoms with E-state index in [0.29, 0.717) is 18.7 Å². The van der Waals surface area contributed by atoms with Crippen LogP contribution in [0.25, 0.3) is 10.9 Å². The third-order valence-corrected chi connectivity index (χ3v) is 9.95. The van der Waals surface area contributed by atoms with Crippen molar-refractivity contribution in [3.05, 3.63) is 65.9 Å². The normalized spacial score (nSPS) is 16.6. The molecule has 0 unspecified atom stereocenters. The number of amides is 2. The average Bonchev–Trinajstić information content (AvgIpc) is 3.41. The molecule has 1 aromatic heterocycles. The molecule has 0 saturated heterocycles.